The summed E-state index contributed by atoms with van der Waals surface area (Å²) in [5.74, 6) is 1.20. The molecule has 34 heavy (non-hydrogen) atoms. The van der Waals surface area contributed by atoms with Crippen LogP contribution in [0.3, 0.4) is 0 Å². The Morgan fingerprint density at radius 2 is 1.74 bits per heavy atom. The van der Waals surface area contributed by atoms with E-state index in [-0.39, 0.29) is 23.6 Å². The van der Waals surface area contributed by atoms with Crippen LogP contribution in [-0.2, 0) is 31.0 Å². The Balaban J connectivity index is 1.43. The minimum Gasteiger partial charge on any atom is -0.486 e. The maximum absolute atomic E-state index is 13.0. The van der Waals surface area contributed by atoms with Crippen LogP contribution in [0, 0.1) is 0 Å². The topological polar surface area (TPSA) is 100 Å². The van der Waals surface area contributed by atoms with Crippen LogP contribution in [0.25, 0.3) is 0 Å². The maximum Gasteiger partial charge on any atom is 0.335 e. The quantitative estimate of drug-likeness (QED) is 0.515. The molecule has 10 heteroatoms. The number of anilines is 1. The van der Waals surface area contributed by atoms with Crippen molar-refractivity contribution in [2.45, 2.75) is 31.7 Å². The van der Waals surface area contributed by atoms with Crippen molar-refractivity contribution < 1.29 is 32.7 Å². The van der Waals surface area contributed by atoms with Crippen LogP contribution in [0.5, 0.6) is 11.5 Å². The van der Waals surface area contributed by atoms with Crippen molar-refractivity contribution in [1.29, 1.82) is 0 Å². The van der Waals surface area contributed by atoms with E-state index in [1.807, 2.05) is 6.07 Å². The number of amides is 1. The van der Waals surface area contributed by atoms with Gasteiger partial charge in [-0.1, -0.05) is 12.1 Å². The van der Waals surface area contributed by atoms with E-state index in [1.165, 1.54) is 11.8 Å². The van der Waals surface area contributed by atoms with Gasteiger partial charge in [-0.15, -0.1) is 11.8 Å². The lowest BCUT2D eigenvalue weighted by Gasteiger charge is -2.21. The second-order valence-corrected chi connectivity index (χ2v) is 11.1. The summed E-state index contributed by atoms with van der Waals surface area (Å²) in [6.07, 6.45) is 0.578. The number of Topliss-reactive ketones (excluding diaryl/α,β-unsaturated/α-hetero) is 1. The fraction of sp³-hybridized carbons (Fsp3) is 0.417. The van der Waals surface area contributed by atoms with Crippen molar-refractivity contribution in [3.05, 3.63) is 53.1 Å². The summed E-state index contributed by atoms with van der Waals surface area (Å²) in [6, 6.07) is 10.7. The third kappa shape index (κ3) is 5.84. The molecule has 0 saturated heterocycles. The van der Waals surface area contributed by atoms with Crippen LogP contribution in [0.1, 0.15) is 35.3 Å². The van der Waals surface area contributed by atoms with Gasteiger partial charge in [0.05, 0.1) is 30.4 Å². The lowest BCUT2D eigenvalue weighted by molar-refractivity contribution is -0.115. The highest BCUT2D eigenvalue weighted by molar-refractivity contribution is 8.01. The van der Waals surface area contributed by atoms with Crippen LogP contribution >= 0.6 is 19.4 Å². The molecule has 0 aromatic heterocycles. The minimum absolute atomic E-state index is 0.0235. The SMILES string of the molecule is CCOP(=O)(Cc1ccc(NC(=O)[C@H]2Cc3cc4c(cc3C(=O)CS2)OCCO4)cc1)OCC. The summed E-state index contributed by atoms with van der Waals surface area (Å²) < 4.78 is 34.7. The molecular weight excluding hydrogens is 477 g/mol. The number of carbonyl (C=O) groups excluding carboxylic acids is 2. The molecular formula is C24H28NO7PS. The fourth-order valence-corrected chi connectivity index (χ4v) is 6.62. The van der Waals surface area contributed by atoms with Crippen LogP contribution in [-0.4, -0.2) is 49.1 Å². The van der Waals surface area contributed by atoms with E-state index in [0.29, 0.717) is 55.6 Å². The van der Waals surface area contributed by atoms with Gasteiger partial charge in [-0.2, -0.15) is 0 Å². The molecule has 0 bridgehead atoms. The molecule has 2 aliphatic heterocycles. The highest BCUT2D eigenvalue weighted by Gasteiger charge is 2.30. The molecule has 1 atom stereocenters. The third-order valence-electron chi connectivity index (χ3n) is 5.43. The Hall–Kier alpha value is -2.32. The van der Waals surface area contributed by atoms with Crippen LogP contribution < -0.4 is 14.8 Å². The first kappa shape index (κ1) is 24.8. The average Bonchev–Trinajstić information content (AvgIpc) is 2.98. The first-order valence-electron chi connectivity index (χ1n) is 11.3. The summed E-state index contributed by atoms with van der Waals surface area (Å²) >= 11 is 1.33. The molecule has 0 fully saturated rings. The van der Waals surface area contributed by atoms with Gasteiger partial charge in [0.25, 0.3) is 0 Å². The normalized spacial score (nSPS) is 17.6. The molecule has 0 saturated carbocycles. The Morgan fingerprint density at radius 3 is 2.38 bits per heavy atom. The van der Waals surface area contributed by atoms with Gasteiger partial charge in [0, 0.05) is 11.3 Å². The number of carbonyl (C=O) groups is 2. The highest BCUT2D eigenvalue weighted by atomic mass is 32.2. The number of rotatable bonds is 8. The standard InChI is InChI=1S/C24H28NO7PS/c1-3-31-33(28,32-4-2)14-16-5-7-18(8-6-16)25-24(27)23-12-17-11-21-22(30-10-9-29-21)13-19(17)20(26)15-34-23/h5-8,11,13,23H,3-4,9-10,12,14-15H2,1-2H3,(H,25,27)/t23-/m1/s1. The van der Waals surface area contributed by atoms with E-state index in [0.717, 1.165) is 11.1 Å². The monoisotopic (exact) mass is 505 g/mol. The molecule has 0 radical (unpaired) electrons. The lowest BCUT2D eigenvalue weighted by atomic mass is 9.98. The van der Waals surface area contributed by atoms with E-state index >= 15 is 0 Å². The smallest absolute Gasteiger partial charge is 0.335 e. The zero-order valence-corrected chi connectivity index (χ0v) is 20.9. The second-order valence-electron chi connectivity index (χ2n) is 7.87. The van der Waals surface area contributed by atoms with Crippen molar-refractivity contribution in [3.63, 3.8) is 0 Å². The molecule has 0 spiro atoms. The van der Waals surface area contributed by atoms with Crippen molar-refractivity contribution in [3.8, 4) is 11.5 Å². The molecule has 0 aliphatic carbocycles. The van der Waals surface area contributed by atoms with Gasteiger partial charge < -0.3 is 23.8 Å². The lowest BCUT2D eigenvalue weighted by Crippen LogP contribution is -2.27. The van der Waals surface area contributed by atoms with Crippen LogP contribution in [0.15, 0.2) is 36.4 Å². The molecule has 2 heterocycles. The molecule has 4 rings (SSSR count). The van der Waals surface area contributed by atoms with Crippen molar-refractivity contribution in [2.24, 2.45) is 0 Å². The van der Waals surface area contributed by atoms with E-state index in [1.54, 1.807) is 44.2 Å². The number of nitrogens with one attached hydrogen (secondary N) is 1. The molecule has 1 amide bonds. The zero-order chi connectivity index (χ0) is 24.1. The highest BCUT2D eigenvalue weighted by Crippen LogP contribution is 2.51. The second kappa shape index (κ2) is 11.0. The molecule has 0 unspecified atom stereocenters. The minimum atomic E-state index is -3.20. The van der Waals surface area contributed by atoms with E-state index < -0.39 is 12.8 Å². The van der Waals surface area contributed by atoms with E-state index in [9.17, 15) is 14.2 Å². The average molecular weight is 506 g/mol. The first-order valence-corrected chi connectivity index (χ1v) is 14.0. The van der Waals surface area contributed by atoms with E-state index in [2.05, 4.69) is 5.32 Å². The van der Waals surface area contributed by atoms with Gasteiger partial charge in [-0.25, -0.2) is 0 Å². The van der Waals surface area contributed by atoms with Crippen molar-refractivity contribution >= 4 is 36.7 Å². The Bertz CT molecular complexity index is 1100. The maximum atomic E-state index is 13.0. The fourth-order valence-electron chi connectivity index (χ4n) is 3.90. The molecule has 2 aliphatic rings. The van der Waals surface area contributed by atoms with Gasteiger partial charge in [0.2, 0.25) is 5.91 Å². The summed E-state index contributed by atoms with van der Waals surface area (Å²) in [6.45, 7) is 5.07. The Kier molecular flexibility index (Phi) is 7.99. The van der Waals surface area contributed by atoms with Crippen molar-refractivity contribution in [2.75, 3.05) is 37.5 Å². The third-order valence-corrected chi connectivity index (χ3v) is 8.70. The summed E-state index contributed by atoms with van der Waals surface area (Å²) in [5, 5.41) is 2.50. The predicted octanol–water partition coefficient (Wildman–Crippen LogP) is 4.70. The molecule has 8 nitrogen and oxygen atoms in total. The number of hydrogen-bond donors (Lipinski definition) is 1. The molecule has 2 aromatic carbocycles. The zero-order valence-electron chi connectivity index (χ0n) is 19.2. The largest absolute Gasteiger partial charge is 0.486 e. The molecule has 182 valence electrons. The molecule has 1 N–H and O–H groups in total. The predicted molar refractivity (Wildman–Crippen MR) is 131 cm³/mol. The van der Waals surface area contributed by atoms with E-state index in [4.69, 9.17) is 18.5 Å². The van der Waals surface area contributed by atoms with Gasteiger partial charge in [-0.3, -0.25) is 14.2 Å². The Labute approximate surface area is 203 Å². The van der Waals surface area contributed by atoms with Gasteiger partial charge in [-0.05, 0) is 55.7 Å². The van der Waals surface area contributed by atoms with Crippen LogP contribution in [0.4, 0.5) is 5.69 Å². The number of fused-ring (bicyclic) bond motifs is 2. The summed E-state index contributed by atoms with van der Waals surface area (Å²) in [7, 11) is -3.20. The number of ether oxygens (including phenoxy) is 2. The van der Waals surface area contributed by atoms with Gasteiger partial charge in [0.15, 0.2) is 17.3 Å². The number of hydrogen-bond acceptors (Lipinski definition) is 8. The number of ketones is 1. The number of thioether (sulfide) groups is 1. The Morgan fingerprint density at radius 1 is 1.09 bits per heavy atom. The van der Waals surface area contributed by atoms with Crippen molar-refractivity contribution in [1.82, 2.24) is 0 Å². The number of benzene rings is 2. The summed E-state index contributed by atoms with van der Waals surface area (Å²) in [5.41, 5.74) is 2.79. The summed E-state index contributed by atoms with van der Waals surface area (Å²) in [4.78, 5) is 25.7. The van der Waals surface area contributed by atoms with Gasteiger partial charge in [0.1, 0.15) is 13.2 Å². The van der Waals surface area contributed by atoms with Crippen LogP contribution in [0.2, 0.25) is 0 Å². The van der Waals surface area contributed by atoms with Gasteiger partial charge >= 0.3 is 7.60 Å². The first-order chi connectivity index (χ1) is 16.4. The molecule has 2 aromatic rings.